The standard InChI is InChI=1S/C16H24N2O4/c1-9(19)10(7-8-13(17)20)14(18)11-5-6-12(11)15(21)22-16(2,3)4/h5-6,10-12,18H,7-8H2,1-4H3,(H2,17,20). The number of primary amides is 1. The van der Waals surface area contributed by atoms with Crippen LogP contribution < -0.4 is 5.73 Å². The van der Waals surface area contributed by atoms with Crippen LogP contribution in [0.5, 0.6) is 0 Å². The van der Waals surface area contributed by atoms with Gasteiger partial charge in [0.1, 0.15) is 11.4 Å². The average Bonchev–Trinajstić information content (AvgIpc) is 2.23. The molecule has 0 aromatic carbocycles. The third-order valence-electron chi connectivity index (χ3n) is 3.50. The van der Waals surface area contributed by atoms with Gasteiger partial charge in [-0.1, -0.05) is 12.2 Å². The van der Waals surface area contributed by atoms with Gasteiger partial charge in [-0.25, -0.2) is 0 Å². The highest BCUT2D eigenvalue weighted by Gasteiger charge is 2.39. The van der Waals surface area contributed by atoms with Crippen molar-refractivity contribution in [2.45, 2.75) is 46.1 Å². The van der Waals surface area contributed by atoms with Crippen molar-refractivity contribution in [2.24, 2.45) is 23.5 Å². The van der Waals surface area contributed by atoms with Crippen LogP contribution in [0, 0.1) is 23.2 Å². The van der Waals surface area contributed by atoms with Crippen LogP contribution in [0.1, 0.15) is 40.5 Å². The van der Waals surface area contributed by atoms with Gasteiger partial charge in [0.15, 0.2) is 0 Å². The van der Waals surface area contributed by atoms with Crippen LogP contribution in [-0.2, 0) is 19.1 Å². The van der Waals surface area contributed by atoms with Crippen LogP contribution in [0.4, 0.5) is 0 Å². The molecule has 0 saturated heterocycles. The zero-order valence-electron chi connectivity index (χ0n) is 13.5. The van der Waals surface area contributed by atoms with Crippen molar-refractivity contribution in [3.8, 4) is 0 Å². The molecular weight excluding hydrogens is 284 g/mol. The molecule has 3 unspecified atom stereocenters. The van der Waals surface area contributed by atoms with Crippen LogP contribution in [-0.4, -0.2) is 29.0 Å². The van der Waals surface area contributed by atoms with Crippen LogP contribution in [0.3, 0.4) is 0 Å². The van der Waals surface area contributed by atoms with Gasteiger partial charge in [0, 0.05) is 18.1 Å². The van der Waals surface area contributed by atoms with Crippen molar-refractivity contribution in [1.29, 1.82) is 5.41 Å². The molecule has 3 atom stereocenters. The molecule has 0 radical (unpaired) electrons. The fourth-order valence-corrected chi connectivity index (χ4v) is 2.32. The second-order valence-electron chi connectivity index (χ2n) is 6.59. The molecule has 0 heterocycles. The van der Waals surface area contributed by atoms with Crippen LogP contribution in [0.15, 0.2) is 12.2 Å². The lowest BCUT2D eigenvalue weighted by Gasteiger charge is -2.33. The molecule has 122 valence electrons. The van der Waals surface area contributed by atoms with Crippen LogP contribution >= 0.6 is 0 Å². The molecule has 0 spiro atoms. The van der Waals surface area contributed by atoms with Crippen molar-refractivity contribution < 1.29 is 19.1 Å². The lowest BCUT2D eigenvalue weighted by Crippen LogP contribution is -2.41. The van der Waals surface area contributed by atoms with Gasteiger partial charge >= 0.3 is 5.97 Å². The molecule has 6 heteroatoms. The first-order valence-electron chi connectivity index (χ1n) is 7.31. The molecule has 0 aromatic rings. The molecule has 0 aliphatic heterocycles. The number of allylic oxidation sites excluding steroid dienone is 1. The summed E-state index contributed by atoms with van der Waals surface area (Å²) in [6.45, 7) is 6.71. The maximum Gasteiger partial charge on any atom is 0.314 e. The molecule has 0 bridgehead atoms. The summed E-state index contributed by atoms with van der Waals surface area (Å²) in [4.78, 5) is 34.7. The summed E-state index contributed by atoms with van der Waals surface area (Å²) in [5.41, 5.74) is 4.65. The molecule has 1 amide bonds. The van der Waals surface area contributed by atoms with E-state index in [9.17, 15) is 14.4 Å². The van der Waals surface area contributed by atoms with Crippen LogP contribution in [0.2, 0.25) is 0 Å². The van der Waals surface area contributed by atoms with E-state index < -0.39 is 35.2 Å². The minimum atomic E-state index is -0.688. The molecule has 0 saturated carbocycles. The Morgan fingerprint density at radius 2 is 1.77 bits per heavy atom. The van der Waals surface area contributed by atoms with E-state index in [0.717, 1.165) is 0 Å². The van der Waals surface area contributed by atoms with Gasteiger partial charge in [-0.3, -0.25) is 14.4 Å². The van der Waals surface area contributed by atoms with Crippen molar-refractivity contribution in [3.05, 3.63) is 12.2 Å². The number of carbonyl (C=O) groups excluding carboxylic acids is 3. The minimum Gasteiger partial charge on any atom is -0.459 e. The highest BCUT2D eigenvalue weighted by atomic mass is 16.6. The zero-order valence-corrected chi connectivity index (χ0v) is 13.5. The van der Waals surface area contributed by atoms with Crippen molar-refractivity contribution in [1.82, 2.24) is 0 Å². The van der Waals surface area contributed by atoms with E-state index in [0.29, 0.717) is 0 Å². The maximum absolute atomic E-state index is 12.1. The second-order valence-corrected chi connectivity index (χ2v) is 6.59. The quantitative estimate of drug-likeness (QED) is 0.423. The summed E-state index contributed by atoms with van der Waals surface area (Å²) < 4.78 is 5.31. The van der Waals surface area contributed by atoms with Gasteiger partial charge in [-0.05, 0) is 34.1 Å². The van der Waals surface area contributed by atoms with E-state index in [2.05, 4.69) is 0 Å². The monoisotopic (exact) mass is 308 g/mol. The molecule has 1 aliphatic rings. The summed E-state index contributed by atoms with van der Waals surface area (Å²) in [6.07, 6.45) is 3.64. The Bertz CT molecular complexity index is 517. The Kier molecular flexibility index (Phi) is 5.63. The van der Waals surface area contributed by atoms with Gasteiger partial charge in [0.25, 0.3) is 0 Å². The number of Topliss-reactive ketones (excluding diaryl/α,β-unsaturated/α-hetero) is 1. The maximum atomic E-state index is 12.1. The van der Waals surface area contributed by atoms with Gasteiger partial charge < -0.3 is 15.9 Å². The molecule has 22 heavy (non-hydrogen) atoms. The molecule has 0 aromatic heterocycles. The molecule has 1 aliphatic carbocycles. The van der Waals surface area contributed by atoms with Gasteiger partial charge in [0.05, 0.1) is 11.8 Å². The summed E-state index contributed by atoms with van der Waals surface area (Å²) in [7, 11) is 0. The Morgan fingerprint density at radius 1 is 1.23 bits per heavy atom. The first kappa shape index (κ1) is 18.1. The molecule has 3 N–H and O–H groups in total. The zero-order chi connectivity index (χ0) is 17.1. The Labute approximate surface area is 130 Å². The van der Waals surface area contributed by atoms with E-state index in [1.807, 2.05) is 0 Å². The number of ether oxygens (including phenoxy) is 1. The summed E-state index contributed by atoms with van der Waals surface area (Å²) in [6, 6.07) is 0. The van der Waals surface area contributed by atoms with Crippen molar-refractivity contribution in [3.63, 3.8) is 0 Å². The van der Waals surface area contributed by atoms with Gasteiger partial charge in [0.2, 0.25) is 5.91 Å². The van der Waals surface area contributed by atoms with Gasteiger partial charge in [-0.2, -0.15) is 0 Å². The minimum absolute atomic E-state index is 0.0418. The van der Waals surface area contributed by atoms with Crippen LogP contribution in [0.25, 0.3) is 0 Å². The second kappa shape index (κ2) is 6.85. The van der Waals surface area contributed by atoms with E-state index in [-0.39, 0.29) is 24.3 Å². The first-order valence-corrected chi connectivity index (χ1v) is 7.31. The molecule has 6 nitrogen and oxygen atoms in total. The fraction of sp³-hybridized carbons (Fsp3) is 0.625. The highest BCUT2D eigenvalue weighted by molar-refractivity contribution is 6.07. The Balaban J connectivity index is 2.75. The average molecular weight is 308 g/mol. The van der Waals surface area contributed by atoms with Crippen molar-refractivity contribution in [2.75, 3.05) is 0 Å². The van der Waals surface area contributed by atoms with E-state index >= 15 is 0 Å². The molecule has 1 rings (SSSR count). The number of ketones is 1. The lowest BCUT2D eigenvalue weighted by atomic mass is 9.73. The number of carbonyl (C=O) groups is 3. The number of nitrogens with one attached hydrogen (secondary N) is 1. The van der Waals surface area contributed by atoms with Gasteiger partial charge in [-0.15, -0.1) is 0 Å². The van der Waals surface area contributed by atoms with E-state index in [4.69, 9.17) is 15.9 Å². The Hall–Kier alpha value is -1.98. The highest BCUT2D eigenvalue weighted by Crippen LogP contribution is 2.32. The summed E-state index contributed by atoms with van der Waals surface area (Å²) >= 11 is 0. The first-order chi connectivity index (χ1) is 10.0. The number of rotatable bonds is 7. The normalized spacial score (nSPS) is 21.6. The Morgan fingerprint density at radius 3 is 2.14 bits per heavy atom. The number of nitrogens with two attached hydrogens (primary N) is 1. The smallest absolute Gasteiger partial charge is 0.314 e. The van der Waals surface area contributed by atoms with E-state index in [1.54, 1.807) is 32.9 Å². The molecular formula is C16H24N2O4. The third-order valence-corrected chi connectivity index (χ3v) is 3.50. The topological polar surface area (TPSA) is 110 Å². The predicted octanol–water partition coefficient (Wildman–Crippen LogP) is 1.62. The number of amides is 1. The molecule has 0 fully saturated rings. The van der Waals surface area contributed by atoms with Crippen molar-refractivity contribution >= 4 is 23.4 Å². The predicted molar refractivity (Wildman–Crippen MR) is 82.3 cm³/mol. The largest absolute Gasteiger partial charge is 0.459 e. The summed E-state index contributed by atoms with van der Waals surface area (Å²) in [5.74, 6) is -2.78. The number of hydrogen-bond donors (Lipinski definition) is 2. The summed E-state index contributed by atoms with van der Waals surface area (Å²) in [5, 5.41) is 8.20. The number of hydrogen-bond acceptors (Lipinski definition) is 5. The number of esters is 1. The SMILES string of the molecule is CC(=O)C(CCC(N)=O)C(=N)C1C=CC1C(=O)OC(C)(C)C. The third kappa shape index (κ3) is 4.79. The fourth-order valence-electron chi connectivity index (χ4n) is 2.32. The lowest BCUT2D eigenvalue weighted by molar-refractivity contribution is -0.159. The van der Waals surface area contributed by atoms with E-state index in [1.165, 1.54) is 6.92 Å².